The summed E-state index contributed by atoms with van der Waals surface area (Å²) in [6.45, 7) is 8.21. The van der Waals surface area contributed by atoms with E-state index in [0.29, 0.717) is 26.1 Å². The second-order valence-corrected chi connectivity index (χ2v) is 7.10. The molecule has 0 aliphatic carbocycles. The number of nitrogens with zero attached hydrogens (tertiary/aromatic N) is 4. The van der Waals surface area contributed by atoms with Crippen molar-refractivity contribution in [1.29, 1.82) is 0 Å². The molecule has 7 nitrogen and oxygen atoms in total. The number of amides is 2. The van der Waals surface area contributed by atoms with Gasteiger partial charge in [0.1, 0.15) is 5.60 Å². The summed E-state index contributed by atoms with van der Waals surface area (Å²) in [6, 6.07) is 0.0172. The van der Waals surface area contributed by atoms with Gasteiger partial charge in [0, 0.05) is 32.3 Å². The maximum Gasteiger partial charge on any atom is 0.410 e. The van der Waals surface area contributed by atoms with Crippen LogP contribution in [0, 0.1) is 0 Å². The zero-order valence-electron chi connectivity index (χ0n) is 13.5. The Morgan fingerprint density at radius 1 is 1.32 bits per heavy atom. The van der Waals surface area contributed by atoms with Crippen LogP contribution in [0.4, 0.5) is 4.79 Å². The Balaban J connectivity index is 1.67. The van der Waals surface area contributed by atoms with Crippen molar-refractivity contribution in [2.45, 2.75) is 51.3 Å². The number of fused-ring (bicyclic) bond motifs is 1. The second kappa shape index (κ2) is 5.44. The first kappa shape index (κ1) is 15.1. The third-order valence-electron chi connectivity index (χ3n) is 4.27. The molecule has 0 aromatic heterocycles. The molecule has 0 spiro atoms. The van der Waals surface area contributed by atoms with Crippen LogP contribution in [0.1, 0.15) is 33.6 Å². The standard InChI is InChI=1S/C15H24N4O3/c1-15(2,3)22-14(21)17-7-8-19-12(10-17)11(9-16-19)18-6-4-5-13(18)20/h9,11-12H,4-8,10H2,1-3H3. The average Bonchev–Trinajstić information content (AvgIpc) is 3.01. The molecule has 0 aromatic rings. The molecular formula is C15H24N4O3. The SMILES string of the molecule is CC(C)(C)OC(=O)N1CCN2N=CC(N3CCCC3=O)C2C1. The van der Waals surface area contributed by atoms with Crippen LogP contribution in [0.25, 0.3) is 0 Å². The summed E-state index contributed by atoms with van der Waals surface area (Å²) in [7, 11) is 0. The van der Waals surface area contributed by atoms with Crippen LogP contribution in [0.5, 0.6) is 0 Å². The van der Waals surface area contributed by atoms with Crippen LogP contribution in [0.2, 0.25) is 0 Å². The van der Waals surface area contributed by atoms with E-state index in [0.717, 1.165) is 13.0 Å². The number of ether oxygens (including phenoxy) is 1. The first-order valence-electron chi connectivity index (χ1n) is 7.93. The third kappa shape index (κ3) is 2.89. The minimum absolute atomic E-state index is 0.0276. The molecule has 7 heteroatoms. The topological polar surface area (TPSA) is 65.5 Å². The first-order chi connectivity index (χ1) is 10.3. The van der Waals surface area contributed by atoms with Crippen LogP contribution in [-0.2, 0) is 9.53 Å². The zero-order chi connectivity index (χ0) is 15.9. The first-order valence-corrected chi connectivity index (χ1v) is 7.93. The van der Waals surface area contributed by atoms with Gasteiger partial charge in [0.25, 0.3) is 0 Å². The quantitative estimate of drug-likeness (QED) is 0.722. The fourth-order valence-electron chi connectivity index (χ4n) is 3.25. The van der Waals surface area contributed by atoms with E-state index in [1.54, 1.807) is 4.90 Å². The van der Waals surface area contributed by atoms with Crippen LogP contribution in [0.3, 0.4) is 0 Å². The summed E-state index contributed by atoms with van der Waals surface area (Å²) in [4.78, 5) is 27.9. The maximum absolute atomic E-state index is 12.3. The van der Waals surface area contributed by atoms with Gasteiger partial charge in [-0.3, -0.25) is 9.80 Å². The molecule has 2 fully saturated rings. The Morgan fingerprint density at radius 3 is 2.73 bits per heavy atom. The smallest absolute Gasteiger partial charge is 0.410 e. The largest absolute Gasteiger partial charge is 0.444 e. The van der Waals surface area contributed by atoms with Gasteiger partial charge in [-0.2, -0.15) is 5.10 Å². The molecule has 3 aliphatic heterocycles. The molecule has 0 saturated carbocycles. The van der Waals surface area contributed by atoms with Gasteiger partial charge in [-0.15, -0.1) is 0 Å². The predicted octanol–water partition coefficient (Wildman–Crippen LogP) is 0.898. The molecule has 2 saturated heterocycles. The Kier molecular flexibility index (Phi) is 3.74. The van der Waals surface area contributed by atoms with Gasteiger partial charge in [0.05, 0.1) is 18.6 Å². The van der Waals surface area contributed by atoms with Crippen molar-refractivity contribution in [2.24, 2.45) is 5.10 Å². The number of carbonyl (C=O) groups excluding carboxylic acids is 2. The molecule has 3 aliphatic rings. The summed E-state index contributed by atoms with van der Waals surface area (Å²) in [6.07, 6.45) is 3.09. The van der Waals surface area contributed by atoms with Crippen LogP contribution < -0.4 is 0 Å². The lowest BCUT2D eigenvalue weighted by atomic mass is 10.1. The molecule has 0 radical (unpaired) electrons. The van der Waals surface area contributed by atoms with Crippen LogP contribution in [-0.4, -0.2) is 76.9 Å². The summed E-state index contributed by atoms with van der Waals surface area (Å²) in [5.74, 6) is 0.188. The monoisotopic (exact) mass is 308 g/mol. The molecule has 0 N–H and O–H groups in total. The highest BCUT2D eigenvalue weighted by Crippen LogP contribution is 2.25. The number of hydrogen-bond donors (Lipinski definition) is 0. The van der Waals surface area contributed by atoms with E-state index in [4.69, 9.17) is 4.74 Å². The average molecular weight is 308 g/mol. The lowest BCUT2D eigenvalue weighted by Crippen LogP contribution is -2.58. The van der Waals surface area contributed by atoms with Crippen LogP contribution >= 0.6 is 0 Å². The Morgan fingerprint density at radius 2 is 2.09 bits per heavy atom. The van der Waals surface area contributed by atoms with Gasteiger partial charge in [-0.25, -0.2) is 4.79 Å². The van der Waals surface area contributed by atoms with E-state index >= 15 is 0 Å². The minimum Gasteiger partial charge on any atom is -0.444 e. The molecule has 122 valence electrons. The van der Waals surface area contributed by atoms with E-state index in [9.17, 15) is 9.59 Å². The van der Waals surface area contributed by atoms with Gasteiger partial charge in [-0.1, -0.05) is 0 Å². The highest BCUT2D eigenvalue weighted by atomic mass is 16.6. The minimum atomic E-state index is -0.495. The molecule has 0 bridgehead atoms. The van der Waals surface area contributed by atoms with Crippen LogP contribution in [0.15, 0.2) is 5.10 Å². The van der Waals surface area contributed by atoms with E-state index in [2.05, 4.69) is 5.10 Å². The Hall–Kier alpha value is -1.79. The lowest BCUT2D eigenvalue weighted by molar-refractivity contribution is -0.129. The fraction of sp³-hybridized carbons (Fsp3) is 0.800. The summed E-state index contributed by atoms with van der Waals surface area (Å²) < 4.78 is 5.45. The molecule has 2 atom stereocenters. The Bertz CT molecular complexity index is 500. The van der Waals surface area contributed by atoms with Crippen molar-refractivity contribution < 1.29 is 14.3 Å². The molecule has 2 amide bonds. The van der Waals surface area contributed by atoms with E-state index in [1.165, 1.54) is 0 Å². The summed E-state index contributed by atoms with van der Waals surface area (Å²) >= 11 is 0. The zero-order valence-corrected chi connectivity index (χ0v) is 13.5. The number of rotatable bonds is 1. The number of carbonyl (C=O) groups is 2. The second-order valence-electron chi connectivity index (χ2n) is 7.10. The van der Waals surface area contributed by atoms with Crippen molar-refractivity contribution in [1.82, 2.24) is 14.8 Å². The van der Waals surface area contributed by atoms with Gasteiger partial charge in [-0.05, 0) is 27.2 Å². The van der Waals surface area contributed by atoms with E-state index in [1.807, 2.05) is 36.9 Å². The van der Waals surface area contributed by atoms with Crippen molar-refractivity contribution in [3.05, 3.63) is 0 Å². The highest BCUT2D eigenvalue weighted by molar-refractivity contribution is 5.83. The van der Waals surface area contributed by atoms with Gasteiger partial charge < -0.3 is 14.5 Å². The summed E-state index contributed by atoms with van der Waals surface area (Å²) in [5.41, 5.74) is -0.495. The van der Waals surface area contributed by atoms with Gasteiger partial charge in [0.2, 0.25) is 5.91 Å². The number of hydrazone groups is 1. The highest BCUT2D eigenvalue weighted by Gasteiger charge is 2.43. The Labute approximate surface area is 130 Å². The predicted molar refractivity (Wildman–Crippen MR) is 81.5 cm³/mol. The van der Waals surface area contributed by atoms with Crippen molar-refractivity contribution in [3.63, 3.8) is 0 Å². The normalized spacial score (nSPS) is 28.3. The number of likely N-dealkylation sites (tertiary alicyclic amines) is 1. The van der Waals surface area contributed by atoms with E-state index in [-0.39, 0.29) is 24.1 Å². The van der Waals surface area contributed by atoms with E-state index < -0.39 is 5.60 Å². The molecule has 2 unspecified atom stereocenters. The lowest BCUT2D eigenvalue weighted by Gasteiger charge is -2.40. The molecule has 22 heavy (non-hydrogen) atoms. The molecule has 0 aromatic carbocycles. The molecule has 3 heterocycles. The fourth-order valence-corrected chi connectivity index (χ4v) is 3.25. The van der Waals surface area contributed by atoms with Crippen molar-refractivity contribution >= 4 is 18.2 Å². The molecular weight excluding hydrogens is 284 g/mol. The maximum atomic E-state index is 12.3. The van der Waals surface area contributed by atoms with Crippen molar-refractivity contribution in [2.75, 3.05) is 26.2 Å². The summed E-state index contributed by atoms with van der Waals surface area (Å²) in [5, 5.41) is 6.42. The third-order valence-corrected chi connectivity index (χ3v) is 4.27. The van der Waals surface area contributed by atoms with Gasteiger partial charge >= 0.3 is 6.09 Å². The van der Waals surface area contributed by atoms with Crippen molar-refractivity contribution in [3.8, 4) is 0 Å². The molecule has 3 rings (SSSR count). The van der Waals surface area contributed by atoms with Gasteiger partial charge in [0.15, 0.2) is 0 Å². The number of piperazine rings is 1. The number of hydrogen-bond acceptors (Lipinski definition) is 5.